The first-order chi connectivity index (χ1) is 11.8. The normalized spacial score (nSPS) is 12.5. The van der Waals surface area contributed by atoms with Crippen LogP contribution in [0.2, 0.25) is 0 Å². The third kappa shape index (κ3) is 2.85. The van der Waals surface area contributed by atoms with Gasteiger partial charge in [-0.2, -0.15) is 0 Å². The molecule has 1 aliphatic heterocycles. The summed E-state index contributed by atoms with van der Waals surface area (Å²) in [5.41, 5.74) is 2.10. The van der Waals surface area contributed by atoms with Crippen LogP contribution in [-0.2, 0) is 13.0 Å². The highest BCUT2D eigenvalue weighted by Gasteiger charge is 2.13. The fourth-order valence-corrected chi connectivity index (χ4v) is 2.83. The highest BCUT2D eigenvalue weighted by atomic mass is 16.7. The molecule has 1 aromatic heterocycles. The largest absolute Gasteiger partial charge is 0.454 e. The fraction of sp³-hybridized carbons (Fsp3) is 0.263. The molecule has 0 bridgehead atoms. The van der Waals surface area contributed by atoms with E-state index in [2.05, 4.69) is 17.2 Å². The lowest BCUT2D eigenvalue weighted by atomic mass is 10.2. The van der Waals surface area contributed by atoms with E-state index in [9.17, 15) is 0 Å². The quantitative estimate of drug-likeness (QED) is 0.772. The van der Waals surface area contributed by atoms with E-state index in [-0.39, 0.29) is 0 Å². The van der Waals surface area contributed by atoms with Crippen LogP contribution in [-0.4, -0.2) is 16.8 Å². The lowest BCUT2D eigenvalue weighted by Crippen LogP contribution is -2.05. The Hall–Kier alpha value is -2.82. The SMILES string of the molecule is CCCc1nc(NCc2ccc3c(c2)OCO3)c2ccccc2n1. The number of nitrogens with zero attached hydrogens (tertiary/aromatic N) is 2. The molecule has 0 saturated carbocycles. The summed E-state index contributed by atoms with van der Waals surface area (Å²) in [6, 6.07) is 14.1. The van der Waals surface area contributed by atoms with Crippen molar-refractivity contribution < 1.29 is 9.47 Å². The molecule has 2 heterocycles. The number of para-hydroxylation sites is 1. The Morgan fingerprint density at radius 2 is 1.92 bits per heavy atom. The van der Waals surface area contributed by atoms with Gasteiger partial charge < -0.3 is 14.8 Å². The van der Waals surface area contributed by atoms with Crippen LogP contribution < -0.4 is 14.8 Å². The van der Waals surface area contributed by atoms with Crippen molar-refractivity contribution in [3.8, 4) is 11.5 Å². The van der Waals surface area contributed by atoms with Gasteiger partial charge in [-0.3, -0.25) is 0 Å². The highest BCUT2D eigenvalue weighted by Crippen LogP contribution is 2.32. The Morgan fingerprint density at radius 1 is 1.04 bits per heavy atom. The van der Waals surface area contributed by atoms with Crippen molar-refractivity contribution in [2.75, 3.05) is 12.1 Å². The molecule has 24 heavy (non-hydrogen) atoms. The number of aromatic nitrogens is 2. The molecular weight excluding hydrogens is 302 g/mol. The van der Waals surface area contributed by atoms with Gasteiger partial charge in [0.2, 0.25) is 6.79 Å². The predicted molar refractivity (Wildman–Crippen MR) is 93.4 cm³/mol. The molecule has 0 amide bonds. The number of nitrogens with one attached hydrogen (secondary N) is 1. The molecule has 5 heteroatoms. The van der Waals surface area contributed by atoms with E-state index in [1.807, 2.05) is 42.5 Å². The minimum Gasteiger partial charge on any atom is -0.454 e. The minimum atomic E-state index is 0.295. The monoisotopic (exact) mass is 321 g/mol. The maximum Gasteiger partial charge on any atom is 0.231 e. The Morgan fingerprint density at radius 3 is 2.83 bits per heavy atom. The minimum absolute atomic E-state index is 0.295. The van der Waals surface area contributed by atoms with Crippen molar-refractivity contribution in [2.45, 2.75) is 26.3 Å². The average molecular weight is 321 g/mol. The smallest absolute Gasteiger partial charge is 0.231 e. The summed E-state index contributed by atoms with van der Waals surface area (Å²) in [6.45, 7) is 3.10. The van der Waals surface area contributed by atoms with Crippen LogP contribution in [0.15, 0.2) is 42.5 Å². The van der Waals surface area contributed by atoms with Crippen LogP contribution in [0.25, 0.3) is 10.9 Å². The molecule has 0 atom stereocenters. The molecule has 122 valence electrons. The lowest BCUT2D eigenvalue weighted by molar-refractivity contribution is 0.174. The average Bonchev–Trinajstić information content (AvgIpc) is 3.07. The molecule has 0 saturated heterocycles. The van der Waals surface area contributed by atoms with Gasteiger partial charge in [-0.15, -0.1) is 0 Å². The van der Waals surface area contributed by atoms with Gasteiger partial charge in [0.1, 0.15) is 11.6 Å². The molecule has 1 N–H and O–H groups in total. The Labute approximate surface area is 140 Å². The summed E-state index contributed by atoms with van der Waals surface area (Å²) in [7, 11) is 0. The number of anilines is 1. The van der Waals surface area contributed by atoms with Crippen LogP contribution in [0, 0.1) is 0 Å². The zero-order valence-corrected chi connectivity index (χ0v) is 13.6. The van der Waals surface area contributed by atoms with Gasteiger partial charge >= 0.3 is 0 Å². The number of aryl methyl sites for hydroxylation is 1. The van der Waals surface area contributed by atoms with Gasteiger partial charge in [0.05, 0.1) is 5.52 Å². The number of hydrogen-bond acceptors (Lipinski definition) is 5. The van der Waals surface area contributed by atoms with Crippen molar-refractivity contribution in [1.82, 2.24) is 9.97 Å². The summed E-state index contributed by atoms with van der Waals surface area (Å²) in [5.74, 6) is 3.36. The second-order valence-electron chi connectivity index (χ2n) is 5.80. The molecule has 5 nitrogen and oxygen atoms in total. The Kier molecular flexibility index (Phi) is 3.91. The highest BCUT2D eigenvalue weighted by molar-refractivity contribution is 5.88. The van der Waals surface area contributed by atoms with Crippen molar-refractivity contribution in [3.63, 3.8) is 0 Å². The van der Waals surface area contributed by atoms with Crippen LogP contribution in [0.4, 0.5) is 5.82 Å². The maximum absolute atomic E-state index is 5.44. The lowest BCUT2D eigenvalue weighted by Gasteiger charge is -2.11. The van der Waals surface area contributed by atoms with Crippen molar-refractivity contribution in [2.24, 2.45) is 0 Å². The van der Waals surface area contributed by atoms with Crippen LogP contribution in [0.5, 0.6) is 11.5 Å². The van der Waals surface area contributed by atoms with E-state index in [1.165, 1.54) is 0 Å². The summed E-state index contributed by atoms with van der Waals surface area (Å²) in [5, 5.41) is 4.49. The third-order valence-electron chi connectivity index (χ3n) is 4.02. The predicted octanol–water partition coefficient (Wildman–Crippen LogP) is 3.92. The topological polar surface area (TPSA) is 56.3 Å². The maximum atomic E-state index is 5.44. The van der Waals surface area contributed by atoms with E-state index >= 15 is 0 Å². The molecule has 1 aliphatic rings. The number of fused-ring (bicyclic) bond motifs is 2. The van der Waals surface area contributed by atoms with E-state index in [0.29, 0.717) is 13.3 Å². The van der Waals surface area contributed by atoms with Crippen LogP contribution >= 0.6 is 0 Å². The molecule has 4 rings (SSSR count). The second-order valence-corrected chi connectivity index (χ2v) is 5.80. The number of ether oxygens (including phenoxy) is 2. The molecule has 0 spiro atoms. The van der Waals surface area contributed by atoms with Gasteiger partial charge in [0.25, 0.3) is 0 Å². The fourth-order valence-electron chi connectivity index (χ4n) is 2.83. The van der Waals surface area contributed by atoms with Gasteiger partial charge in [-0.1, -0.05) is 25.1 Å². The first-order valence-corrected chi connectivity index (χ1v) is 8.21. The standard InChI is InChI=1S/C19H19N3O2/c1-2-5-18-21-15-7-4-3-6-14(15)19(22-18)20-11-13-8-9-16-17(10-13)24-12-23-16/h3-4,6-10H,2,5,11-12H2,1H3,(H,20,21,22). The molecular formula is C19H19N3O2. The summed E-state index contributed by atoms with van der Waals surface area (Å²) >= 11 is 0. The number of rotatable bonds is 5. The first kappa shape index (κ1) is 14.8. The Bertz CT molecular complexity index is 880. The number of hydrogen-bond donors (Lipinski definition) is 1. The zero-order chi connectivity index (χ0) is 16.4. The summed E-state index contributed by atoms with van der Waals surface area (Å²) < 4.78 is 10.8. The van der Waals surface area contributed by atoms with Crippen LogP contribution in [0.3, 0.4) is 0 Å². The zero-order valence-electron chi connectivity index (χ0n) is 13.6. The molecule has 3 aromatic rings. The summed E-state index contributed by atoms with van der Waals surface area (Å²) in [4.78, 5) is 9.34. The molecule has 0 aliphatic carbocycles. The van der Waals surface area contributed by atoms with Crippen molar-refractivity contribution >= 4 is 16.7 Å². The van der Waals surface area contributed by atoms with E-state index in [4.69, 9.17) is 14.5 Å². The van der Waals surface area contributed by atoms with Crippen molar-refractivity contribution in [3.05, 3.63) is 53.9 Å². The van der Waals surface area contributed by atoms with E-state index < -0.39 is 0 Å². The molecule has 0 unspecified atom stereocenters. The van der Waals surface area contributed by atoms with Gasteiger partial charge in [-0.05, 0) is 36.2 Å². The molecule has 0 radical (unpaired) electrons. The number of benzene rings is 2. The molecule has 2 aromatic carbocycles. The summed E-state index contributed by atoms with van der Waals surface area (Å²) in [6.07, 6.45) is 1.91. The second kappa shape index (κ2) is 6.35. The van der Waals surface area contributed by atoms with Gasteiger partial charge in [0, 0.05) is 18.4 Å². The van der Waals surface area contributed by atoms with Gasteiger partial charge in [0.15, 0.2) is 11.5 Å². The van der Waals surface area contributed by atoms with Crippen LogP contribution in [0.1, 0.15) is 24.7 Å². The Balaban J connectivity index is 1.61. The van der Waals surface area contributed by atoms with E-state index in [0.717, 1.165) is 52.4 Å². The first-order valence-electron chi connectivity index (χ1n) is 8.21. The van der Waals surface area contributed by atoms with Crippen molar-refractivity contribution in [1.29, 1.82) is 0 Å². The van der Waals surface area contributed by atoms with Gasteiger partial charge in [-0.25, -0.2) is 9.97 Å². The van der Waals surface area contributed by atoms with E-state index in [1.54, 1.807) is 0 Å². The third-order valence-corrected chi connectivity index (χ3v) is 4.02. The molecule has 0 fully saturated rings.